The van der Waals surface area contributed by atoms with Gasteiger partial charge in [-0.05, 0) is 14.1 Å². The molecule has 1 unspecified atom stereocenters. The van der Waals surface area contributed by atoms with Crippen molar-refractivity contribution < 1.29 is 5.11 Å². The lowest BCUT2D eigenvalue weighted by Crippen LogP contribution is -2.50. The predicted molar refractivity (Wildman–Crippen MR) is 66.5 cm³/mol. The topological polar surface area (TPSA) is 56.0 Å². The fourth-order valence-corrected chi connectivity index (χ4v) is 1.91. The van der Waals surface area contributed by atoms with Crippen LogP contribution in [0.1, 0.15) is 0 Å². The smallest absolute Gasteiger partial charge is 0.0789 e. The molecule has 0 saturated carbocycles. The molecule has 1 atom stereocenters. The number of rotatable bonds is 6. The summed E-state index contributed by atoms with van der Waals surface area (Å²) in [4.78, 5) is 6.99. The molecule has 0 spiro atoms. The molecule has 0 aromatic heterocycles. The van der Waals surface area contributed by atoms with Gasteiger partial charge in [0.05, 0.1) is 6.10 Å². The zero-order chi connectivity index (χ0) is 12.0. The van der Waals surface area contributed by atoms with Gasteiger partial charge >= 0.3 is 0 Å². The van der Waals surface area contributed by atoms with E-state index in [9.17, 15) is 5.11 Å². The lowest BCUT2D eigenvalue weighted by Gasteiger charge is -2.35. The number of likely N-dealkylation sites (N-methyl/N-ethyl adjacent to an activating group) is 1. The minimum atomic E-state index is -0.367. The average Bonchev–Trinajstić information content (AvgIpc) is 2.28. The van der Waals surface area contributed by atoms with Crippen LogP contribution < -0.4 is 5.73 Å². The molecule has 5 nitrogen and oxygen atoms in total. The van der Waals surface area contributed by atoms with Crippen molar-refractivity contribution in [3.63, 3.8) is 0 Å². The fourth-order valence-electron chi connectivity index (χ4n) is 1.91. The van der Waals surface area contributed by atoms with E-state index in [0.717, 1.165) is 45.8 Å². The maximum atomic E-state index is 9.47. The molecular weight excluding hydrogens is 204 g/mol. The van der Waals surface area contributed by atoms with Gasteiger partial charge in [-0.15, -0.1) is 0 Å². The summed E-state index contributed by atoms with van der Waals surface area (Å²) < 4.78 is 0. The van der Waals surface area contributed by atoms with Gasteiger partial charge in [0.2, 0.25) is 0 Å². The summed E-state index contributed by atoms with van der Waals surface area (Å²) >= 11 is 0. The molecule has 3 N–H and O–H groups in total. The highest BCUT2D eigenvalue weighted by molar-refractivity contribution is 4.74. The molecule has 0 aromatic carbocycles. The van der Waals surface area contributed by atoms with Crippen molar-refractivity contribution in [3.8, 4) is 0 Å². The second kappa shape index (κ2) is 7.19. The summed E-state index contributed by atoms with van der Waals surface area (Å²) in [5.41, 5.74) is 5.40. The first-order valence-electron chi connectivity index (χ1n) is 6.09. The highest BCUT2D eigenvalue weighted by atomic mass is 16.3. The summed E-state index contributed by atoms with van der Waals surface area (Å²) in [5, 5.41) is 9.47. The minimum absolute atomic E-state index is 0.362. The summed E-state index contributed by atoms with van der Waals surface area (Å²) in [6, 6.07) is 0. The van der Waals surface area contributed by atoms with E-state index in [0.29, 0.717) is 6.54 Å². The molecule has 0 bridgehead atoms. The second-order valence-corrected chi connectivity index (χ2v) is 4.84. The van der Waals surface area contributed by atoms with Crippen LogP contribution in [0.3, 0.4) is 0 Å². The third-order valence-electron chi connectivity index (χ3n) is 3.07. The Morgan fingerprint density at radius 1 is 1.19 bits per heavy atom. The molecule has 16 heavy (non-hydrogen) atoms. The van der Waals surface area contributed by atoms with Crippen LogP contribution in [-0.4, -0.2) is 92.4 Å². The van der Waals surface area contributed by atoms with Crippen LogP contribution in [0.2, 0.25) is 0 Å². The summed E-state index contributed by atoms with van der Waals surface area (Å²) in [7, 11) is 4.21. The van der Waals surface area contributed by atoms with Crippen molar-refractivity contribution in [1.82, 2.24) is 14.7 Å². The molecule has 0 aromatic rings. The second-order valence-electron chi connectivity index (χ2n) is 4.84. The maximum absolute atomic E-state index is 9.47. The van der Waals surface area contributed by atoms with E-state index in [1.807, 2.05) is 0 Å². The molecule has 0 amide bonds. The largest absolute Gasteiger partial charge is 0.390 e. The number of hydrogen-bond donors (Lipinski definition) is 2. The number of nitrogens with two attached hydrogens (primary N) is 1. The Hall–Kier alpha value is -0.200. The fraction of sp³-hybridized carbons (Fsp3) is 1.00. The Labute approximate surface area is 98.8 Å². The van der Waals surface area contributed by atoms with Crippen molar-refractivity contribution in [2.45, 2.75) is 6.10 Å². The van der Waals surface area contributed by atoms with Crippen LogP contribution in [0, 0.1) is 0 Å². The Balaban J connectivity index is 2.13. The molecule has 1 saturated heterocycles. The van der Waals surface area contributed by atoms with Crippen molar-refractivity contribution in [2.75, 3.05) is 66.5 Å². The SMILES string of the molecule is CN(C)CCN1CCN(CC(O)CN)CC1. The first kappa shape index (κ1) is 13.9. The van der Waals surface area contributed by atoms with Crippen molar-refractivity contribution in [3.05, 3.63) is 0 Å². The van der Waals surface area contributed by atoms with Crippen molar-refractivity contribution in [1.29, 1.82) is 0 Å². The average molecular weight is 230 g/mol. The van der Waals surface area contributed by atoms with Gasteiger partial charge in [-0.2, -0.15) is 0 Å². The zero-order valence-corrected chi connectivity index (χ0v) is 10.6. The lowest BCUT2D eigenvalue weighted by molar-refractivity contribution is 0.0742. The summed E-state index contributed by atoms with van der Waals surface area (Å²) in [5.74, 6) is 0. The van der Waals surface area contributed by atoms with Crippen LogP contribution >= 0.6 is 0 Å². The quantitative estimate of drug-likeness (QED) is 0.581. The molecule has 0 aliphatic carbocycles. The van der Waals surface area contributed by atoms with E-state index >= 15 is 0 Å². The molecule has 1 heterocycles. The lowest BCUT2D eigenvalue weighted by atomic mass is 10.2. The molecule has 5 heteroatoms. The standard InChI is InChI=1S/C11H26N4O/c1-13(2)3-4-14-5-7-15(8-6-14)10-11(16)9-12/h11,16H,3-10,12H2,1-2H3. The highest BCUT2D eigenvalue weighted by Crippen LogP contribution is 2.02. The summed E-state index contributed by atoms with van der Waals surface area (Å²) in [6.45, 7) is 7.63. The van der Waals surface area contributed by atoms with Crippen LogP contribution in [0.4, 0.5) is 0 Å². The molecule has 1 fully saturated rings. The van der Waals surface area contributed by atoms with Crippen LogP contribution in [0.5, 0.6) is 0 Å². The van der Waals surface area contributed by atoms with Gasteiger partial charge in [-0.3, -0.25) is 9.80 Å². The van der Waals surface area contributed by atoms with Crippen molar-refractivity contribution >= 4 is 0 Å². The number of β-amino-alcohol motifs (C(OH)–C–C–N with tert-alkyl or cyclic N) is 1. The maximum Gasteiger partial charge on any atom is 0.0789 e. The molecule has 1 aliphatic heterocycles. The first-order valence-corrected chi connectivity index (χ1v) is 6.09. The number of aliphatic hydroxyl groups is 1. The molecule has 0 radical (unpaired) electrons. The Kier molecular flexibility index (Phi) is 6.23. The third-order valence-corrected chi connectivity index (χ3v) is 3.07. The highest BCUT2D eigenvalue weighted by Gasteiger charge is 2.18. The van der Waals surface area contributed by atoms with Gasteiger partial charge in [0.1, 0.15) is 0 Å². The summed E-state index contributed by atoms with van der Waals surface area (Å²) in [6.07, 6.45) is -0.367. The van der Waals surface area contributed by atoms with E-state index in [-0.39, 0.29) is 6.10 Å². The minimum Gasteiger partial charge on any atom is -0.390 e. The Morgan fingerprint density at radius 2 is 1.75 bits per heavy atom. The van der Waals surface area contributed by atoms with Crippen LogP contribution in [-0.2, 0) is 0 Å². The van der Waals surface area contributed by atoms with Gasteiger partial charge in [0.25, 0.3) is 0 Å². The van der Waals surface area contributed by atoms with E-state index < -0.39 is 0 Å². The van der Waals surface area contributed by atoms with Gasteiger partial charge in [-0.1, -0.05) is 0 Å². The molecular formula is C11H26N4O. The van der Waals surface area contributed by atoms with Gasteiger partial charge in [-0.25, -0.2) is 0 Å². The van der Waals surface area contributed by atoms with Crippen LogP contribution in [0.15, 0.2) is 0 Å². The van der Waals surface area contributed by atoms with Crippen LogP contribution in [0.25, 0.3) is 0 Å². The molecule has 96 valence electrons. The Bertz CT molecular complexity index is 181. The van der Waals surface area contributed by atoms with Crippen molar-refractivity contribution in [2.24, 2.45) is 5.73 Å². The Morgan fingerprint density at radius 3 is 2.25 bits per heavy atom. The van der Waals surface area contributed by atoms with E-state index in [1.54, 1.807) is 0 Å². The van der Waals surface area contributed by atoms with E-state index in [2.05, 4.69) is 28.8 Å². The normalized spacial score (nSPS) is 21.6. The number of aliphatic hydroxyl groups excluding tert-OH is 1. The monoisotopic (exact) mass is 230 g/mol. The van der Waals surface area contributed by atoms with Gasteiger partial charge < -0.3 is 15.7 Å². The van der Waals surface area contributed by atoms with Gasteiger partial charge in [0.15, 0.2) is 0 Å². The number of piperazine rings is 1. The number of hydrogen-bond acceptors (Lipinski definition) is 5. The van der Waals surface area contributed by atoms with E-state index in [4.69, 9.17) is 5.73 Å². The predicted octanol–water partition coefficient (Wildman–Crippen LogP) is -1.51. The molecule has 1 rings (SSSR count). The molecule has 1 aliphatic rings. The van der Waals surface area contributed by atoms with E-state index in [1.165, 1.54) is 0 Å². The third kappa shape index (κ3) is 5.23. The van der Waals surface area contributed by atoms with Gasteiger partial charge in [0, 0.05) is 52.4 Å². The first-order chi connectivity index (χ1) is 7.61. The number of nitrogens with zero attached hydrogens (tertiary/aromatic N) is 3. The zero-order valence-electron chi connectivity index (χ0n) is 10.6.